The van der Waals surface area contributed by atoms with E-state index in [2.05, 4.69) is 24.5 Å². The van der Waals surface area contributed by atoms with Crippen LogP contribution in [0.3, 0.4) is 0 Å². The summed E-state index contributed by atoms with van der Waals surface area (Å²) in [5.74, 6) is 0.494. The first-order chi connectivity index (χ1) is 7.61. The minimum Gasteiger partial charge on any atom is -0.380 e. The fraction of sp³-hybridized carbons (Fsp3) is 0.917. The zero-order valence-corrected chi connectivity index (χ0v) is 11.0. The predicted molar refractivity (Wildman–Crippen MR) is 66.4 cm³/mol. The molecule has 0 aromatic carbocycles. The molecule has 1 amide bonds. The molecule has 16 heavy (non-hydrogen) atoms. The van der Waals surface area contributed by atoms with Gasteiger partial charge in [0.15, 0.2) is 0 Å². The van der Waals surface area contributed by atoms with Crippen LogP contribution in [0.15, 0.2) is 0 Å². The number of nitrogens with one attached hydrogen (secondary N) is 2. The van der Waals surface area contributed by atoms with E-state index in [0.29, 0.717) is 25.6 Å². The van der Waals surface area contributed by atoms with E-state index in [0.717, 1.165) is 13.1 Å². The van der Waals surface area contributed by atoms with Crippen LogP contribution in [0.2, 0.25) is 0 Å². The Morgan fingerprint density at radius 1 is 1.31 bits per heavy atom. The van der Waals surface area contributed by atoms with Gasteiger partial charge in [-0.1, -0.05) is 20.8 Å². The molecule has 0 bridgehead atoms. The number of amides is 1. The maximum absolute atomic E-state index is 11.6. The monoisotopic (exact) mass is 230 g/mol. The van der Waals surface area contributed by atoms with E-state index >= 15 is 0 Å². The molecular weight excluding hydrogens is 204 g/mol. The highest BCUT2D eigenvalue weighted by Crippen LogP contribution is 2.02. The normalized spacial score (nSPS) is 12.8. The minimum atomic E-state index is 0.0966. The average Bonchev–Trinajstić information content (AvgIpc) is 2.24. The maximum atomic E-state index is 11.6. The Hall–Kier alpha value is -0.610. The third-order valence-corrected chi connectivity index (χ3v) is 2.43. The lowest BCUT2D eigenvalue weighted by molar-refractivity contribution is -0.122. The molecule has 0 aliphatic rings. The first-order valence-electron chi connectivity index (χ1n) is 6.19. The van der Waals surface area contributed by atoms with Gasteiger partial charge >= 0.3 is 0 Å². The van der Waals surface area contributed by atoms with Gasteiger partial charge in [-0.3, -0.25) is 4.79 Å². The van der Waals surface area contributed by atoms with Gasteiger partial charge in [0.1, 0.15) is 0 Å². The number of carbonyl (C=O) groups excluding carboxylic acids is 1. The van der Waals surface area contributed by atoms with Crippen molar-refractivity contribution in [2.75, 3.05) is 26.3 Å². The van der Waals surface area contributed by atoms with Crippen molar-refractivity contribution in [1.29, 1.82) is 0 Å². The third kappa shape index (κ3) is 7.65. The van der Waals surface area contributed by atoms with Crippen molar-refractivity contribution in [2.24, 2.45) is 5.92 Å². The van der Waals surface area contributed by atoms with Crippen molar-refractivity contribution in [3.8, 4) is 0 Å². The first-order valence-corrected chi connectivity index (χ1v) is 6.19. The highest BCUT2D eigenvalue weighted by atomic mass is 16.5. The van der Waals surface area contributed by atoms with E-state index in [1.165, 1.54) is 0 Å². The predicted octanol–water partition coefficient (Wildman–Crippen LogP) is 1.16. The van der Waals surface area contributed by atoms with Gasteiger partial charge in [-0.15, -0.1) is 0 Å². The highest BCUT2D eigenvalue weighted by Gasteiger charge is 2.15. The summed E-state index contributed by atoms with van der Waals surface area (Å²) in [7, 11) is 0. The summed E-state index contributed by atoms with van der Waals surface area (Å²) in [6.07, 6.45) is 0.531. The summed E-state index contributed by atoms with van der Waals surface area (Å²) in [5, 5.41) is 6.14. The van der Waals surface area contributed by atoms with Gasteiger partial charge in [-0.25, -0.2) is 0 Å². The van der Waals surface area contributed by atoms with Gasteiger partial charge in [0.05, 0.1) is 12.6 Å². The zero-order chi connectivity index (χ0) is 12.4. The Kier molecular flexibility index (Phi) is 9.24. The largest absolute Gasteiger partial charge is 0.380 e. The molecule has 0 aliphatic heterocycles. The smallest absolute Gasteiger partial charge is 0.221 e. The highest BCUT2D eigenvalue weighted by molar-refractivity contribution is 5.76. The second-order valence-electron chi connectivity index (χ2n) is 4.18. The van der Waals surface area contributed by atoms with E-state index in [-0.39, 0.29) is 11.9 Å². The van der Waals surface area contributed by atoms with Crippen LogP contribution < -0.4 is 10.6 Å². The molecule has 0 aliphatic carbocycles. The van der Waals surface area contributed by atoms with Crippen LogP contribution in [0.5, 0.6) is 0 Å². The molecule has 4 heteroatoms. The van der Waals surface area contributed by atoms with Crippen LogP contribution in [0, 0.1) is 5.92 Å². The van der Waals surface area contributed by atoms with Crippen molar-refractivity contribution in [3.63, 3.8) is 0 Å². The van der Waals surface area contributed by atoms with Gasteiger partial charge in [-0.2, -0.15) is 0 Å². The van der Waals surface area contributed by atoms with Crippen molar-refractivity contribution in [3.05, 3.63) is 0 Å². The quantitative estimate of drug-likeness (QED) is 0.584. The lowest BCUT2D eigenvalue weighted by atomic mass is 10.1. The van der Waals surface area contributed by atoms with Crippen molar-refractivity contribution in [1.82, 2.24) is 10.6 Å². The molecule has 1 unspecified atom stereocenters. The van der Waals surface area contributed by atoms with Crippen molar-refractivity contribution < 1.29 is 9.53 Å². The number of hydrogen-bond acceptors (Lipinski definition) is 3. The molecule has 0 radical (unpaired) electrons. The lowest BCUT2D eigenvalue weighted by Gasteiger charge is -2.22. The van der Waals surface area contributed by atoms with E-state index in [1.54, 1.807) is 0 Å². The summed E-state index contributed by atoms with van der Waals surface area (Å²) in [4.78, 5) is 11.6. The van der Waals surface area contributed by atoms with Crippen LogP contribution in [0.4, 0.5) is 0 Å². The topological polar surface area (TPSA) is 50.4 Å². The summed E-state index contributed by atoms with van der Waals surface area (Å²) in [5.41, 5.74) is 0. The van der Waals surface area contributed by atoms with Gasteiger partial charge in [0.2, 0.25) is 5.91 Å². The Morgan fingerprint density at radius 3 is 2.50 bits per heavy atom. The van der Waals surface area contributed by atoms with Gasteiger partial charge in [0, 0.05) is 19.6 Å². The van der Waals surface area contributed by atoms with Crippen molar-refractivity contribution >= 4 is 5.91 Å². The minimum absolute atomic E-state index is 0.0966. The van der Waals surface area contributed by atoms with Gasteiger partial charge in [-0.05, 0) is 19.4 Å². The molecule has 0 fully saturated rings. The first kappa shape index (κ1) is 15.4. The number of hydrogen-bond donors (Lipinski definition) is 2. The summed E-state index contributed by atoms with van der Waals surface area (Å²) in [6, 6.07) is 0.120. The van der Waals surface area contributed by atoms with Gasteiger partial charge < -0.3 is 15.4 Å². The lowest BCUT2D eigenvalue weighted by Crippen LogP contribution is -2.42. The van der Waals surface area contributed by atoms with Crippen LogP contribution >= 0.6 is 0 Å². The molecule has 0 heterocycles. The maximum Gasteiger partial charge on any atom is 0.221 e. The number of ether oxygens (including phenoxy) is 1. The SMILES string of the molecule is CCNCCC(=O)NC(COCC)C(C)C. The average molecular weight is 230 g/mol. The van der Waals surface area contributed by atoms with Crippen LogP contribution in [-0.2, 0) is 9.53 Å². The van der Waals surface area contributed by atoms with Crippen molar-refractivity contribution in [2.45, 2.75) is 40.2 Å². The molecule has 0 saturated heterocycles. The van der Waals surface area contributed by atoms with Gasteiger partial charge in [0.25, 0.3) is 0 Å². The van der Waals surface area contributed by atoms with E-state index < -0.39 is 0 Å². The molecule has 2 N–H and O–H groups in total. The Balaban J connectivity index is 3.83. The second kappa shape index (κ2) is 9.60. The number of carbonyl (C=O) groups is 1. The molecule has 0 spiro atoms. The van der Waals surface area contributed by atoms with E-state index in [9.17, 15) is 4.79 Å². The second-order valence-corrected chi connectivity index (χ2v) is 4.18. The molecule has 0 saturated carbocycles. The third-order valence-electron chi connectivity index (χ3n) is 2.43. The number of rotatable bonds is 9. The molecule has 4 nitrogen and oxygen atoms in total. The molecule has 0 aromatic heterocycles. The molecule has 96 valence electrons. The molecular formula is C12H26N2O2. The molecule has 1 atom stereocenters. The Morgan fingerprint density at radius 2 is 2.00 bits per heavy atom. The van der Waals surface area contributed by atoms with Crippen LogP contribution in [0.1, 0.15) is 34.1 Å². The fourth-order valence-corrected chi connectivity index (χ4v) is 1.30. The summed E-state index contributed by atoms with van der Waals surface area (Å²) in [6.45, 7) is 11.1. The molecule has 0 aromatic rings. The van der Waals surface area contributed by atoms with E-state index in [1.807, 2.05) is 13.8 Å². The fourth-order valence-electron chi connectivity index (χ4n) is 1.30. The summed E-state index contributed by atoms with van der Waals surface area (Å²) >= 11 is 0. The Bertz CT molecular complexity index is 184. The van der Waals surface area contributed by atoms with Crippen LogP contribution in [0.25, 0.3) is 0 Å². The summed E-state index contributed by atoms with van der Waals surface area (Å²) < 4.78 is 5.35. The molecule has 0 rings (SSSR count). The van der Waals surface area contributed by atoms with Crippen LogP contribution in [-0.4, -0.2) is 38.3 Å². The standard InChI is InChI=1S/C12H26N2O2/c1-5-13-8-7-12(15)14-11(10(3)4)9-16-6-2/h10-11,13H,5-9H2,1-4H3,(H,14,15). The van der Waals surface area contributed by atoms with E-state index in [4.69, 9.17) is 4.74 Å². The zero-order valence-electron chi connectivity index (χ0n) is 11.0. The Labute approximate surface area is 99.1 Å².